The summed E-state index contributed by atoms with van der Waals surface area (Å²) in [6, 6.07) is 8.18. The molecule has 0 amide bonds. The Kier molecular flexibility index (Phi) is 7.45. The number of rotatable bonds is 9. The Balaban J connectivity index is 2.33. The fourth-order valence-corrected chi connectivity index (χ4v) is 3.67. The molecule has 0 aromatic heterocycles. The lowest BCUT2D eigenvalue weighted by atomic mass is 10.2. The molecule has 28 heavy (non-hydrogen) atoms. The second kappa shape index (κ2) is 9.59. The van der Waals surface area contributed by atoms with E-state index in [4.69, 9.17) is 10.00 Å². The third kappa shape index (κ3) is 5.48. The molecule has 0 aliphatic heterocycles. The van der Waals surface area contributed by atoms with Crippen molar-refractivity contribution in [2.24, 2.45) is 0 Å². The van der Waals surface area contributed by atoms with Gasteiger partial charge in [0.15, 0.2) is 11.6 Å². The molecule has 0 saturated heterocycles. The minimum Gasteiger partial charge on any atom is -0.453 e. The number of hydrogen-bond acceptors (Lipinski definition) is 5. The number of likely N-dealkylation sites (N-methyl/N-ethyl adjacent to an activating group) is 1. The van der Waals surface area contributed by atoms with E-state index in [9.17, 15) is 17.2 Å². The van der Waals surface area contributed by atoms with E-state index in [2.05, 4.69) is 4.72 Å². The summed E-state index contributed by atoms with van der Waals surface area (Å²) in [6.07, 6.45) is 0. The second-order valence-electron chi connectivity index (χ2n) is 5.87. The van der Waals surface area contributed by atoms with E-state index in [0.29, 0.717) is 6.54 Å². The summed E-state index contributed by atoms with van der Waals surface area (Å²) >= 11 is 0. The summed E-state index contributed by atoms with van der Waals surface area (Å²) in [5.74, 6) is -2.24. The molecular weight excluding hydrogens is 388 g/mol. The smallest absolute Gasteiger partial charge is 0.244 e. The normalized spacial score (nSPS) is 11.4. The van der Waals surface area contributed by atoms with Gasteiger partial charge in [-0.2, -0.15) is 5.26 Å². The lowest BCUT2D eigenvalue weighted by Gasteiger charge is -2.18. The van der Waals surface area contributed by atoms with Crippen LogP contribution in [0.25, 0.3) is 0 Å². The van der Waals surface area contributed by atoms with Gasteiger partial charge < -0.3 is 9.64 Å². The first kappa shape index (κ1) is 21.8. The van der Waals surface area contributed by atoms with Gasteiger partial charge in [0.05, 0.1) is 11.6 Å². The average molecular weight is 409 g/mol. The minimum absolute atomic E-state index is 0.0937. The predicted molar refractivity (Wildman–Crippen MR) is 101 cm³/mol. The van der Waals surface area contributed by atoms with E-state index >= 15 is 0 Å². The van der Waals surface area contributed by atoms with Crippen molar-refractivity contribution >= 4 is 10.0 Å². The highest BCUT2D eigenvalue weighted by molar-refractivity contribution is 7.89. The largest absolute Gasteiger partial charge is 0.453 e. The Labute approximate surface area is 163 Å². The number of halogens is 2. The first-order valence-electron chi connectivity index (χ1n) is 8.69. The third-order valence-corrected chi connectivity index (χ3v) is 5.57. The van der Waals surface area contributed by atoms with Crippen LogP contribution in [-0.4, -0.2) is 39.5 Å². The topological polar surface area (TPSA) is 82.4 Å². The molecule has 0 aliphatic rings. The number of hydrogen-bond donors (Lipinski definition) is 1. The van der Waals surface area contributed by atoms with Gasteiger partial charge in [-0.05, 0) is 43.4 Å². The molecule has 0 saturated carbocycles. The zero-order chi connectivity index (χ0) is 20.7. The van der Waals surface area contributed by atoms with Gasteiger partial charge in [0.25, 0.3) is 0 Å². The van der Waals surface area contributed by atoms with Gasteiger partial charge in [-0.3, -0.25) is 0 Å². The van der Waals surface area contributed by atoms with Crippen molar-refractivity contribution in [1.82, 2.24) is 9.62 Å². The van der Waals surface area contributed by atoms with Crippen LogP contribution < -0.4 is 9.46 Å². The molecule has 1 N–H and O–H groups in total. The van der Waals surface area contributed by atoms with Crippen LogP contribution in [0.1, 0.15) is 19.4 Å². The molecule has 0 unspecified atom stereocenters. The van der Waals surface area contributed by atoms with Gasteiger partial charge in [-0.1, -0.05) is 13.8 Å². The van der Waals surface area contributed by atoms with E-state index in [0.717, 1.165) is 37.4 Å². The van der Waals surface area contributed by atoms with Crippen molar-refractivity contribution in [1.29, 1.82) is 5.26 Å². The molecule has 9 heteroatoms. The number of benzene rings is 2. The lowest BCUT2D eigenvalue weighted by molar-refractivity contribution is 0.309. The number of sulfonamides is 1. The van der Waals surface area contributed by atoms with Gasteiger partial charge in [0.1, 0.15) is 16.5 Å². The fraction of sp³-hybridized carbons (Fsp3) is 0.316. The molecule has 2 rings (SSSR count). The van der Waals surface area contributed by atoms with E-state index in [1.54, 1.807) is 0 Å². The van der Waals surface area contributed by atoms with E-state index in [-0.39, 0.29) is 22.8 Å². The van der Waals surface area contributed by atoms with Crippen molar-refractivity contribution in [2.45, 2.75) is 18.7 Å². The number of nitrogens with zero attached hydrogens (tertiary/aromatic N) is 2. The monoisotopic (exact) mass is 409 g/mol. The molecule has 0 spiro atoms. The Morgan fingerprint density at radius 2 is 1.82 bits per heavy atom. The molecule has 0 heterocycles. The fourth-order valence-electron chi connectivity index (χ4n) is 2.50. The predicted octanol–water partition coefficient (Wildman–Crippen LogP) is 3.25. The molecule has 6 nitrogen and oxygen atoms in total. The Morgan fingerprint density at radius 3 is 2.46 bits per heavy atom. The van der Waals surface area contributed by atoms with E-state index in [1.165, 1.54) is 12.1 Å². The SMILES string of the molecule is CCN(CC)CCNS(=O)(=O)c1cc(C#N)ccc1Oc1cc(F)ccc1F. The summed E-state index contributed by atoms with van der Waals surface area (Å²) in [4.78, 5) is 1.71. The van der Waals surface area contributed by atoms with Crippen molar-refractivity contribution in [3.8, 4) is 17.6 Å². The molecule has 0 atom stereocenters. The van der Waals surface area contributed by atoms with Gasteiger partial charge in [-0.25, -0.2) is 21.9 Å². The van der Waals surface area contributed by atoms with Crippen LogP contribution >= 0.6 is 0 Å². The maximum Gasteiger partial charge on any atom is 0.244 e. The molecule has 2 aromatic rings. The van der Waals surface area contributed by atoms with Crippen molar-refractivity contribution in [3.63, 3.8) is 0 Å². The molecule has 150 valence electrons. The highest BCUT2D eigenvalue weighted by Crippen LogP contribution is 2.31. The van der Waals surface area contributed by atoms with Crippen LogP contribution in [0, 0.1) is 23.0 Å². The quantitative estimate of drug-likeness (QED) is 0.688. The summed E-state index contributed by atoms with van der Waals surface area (Å²) in [5, 5.41) is 9.08. The summed E-state index contributed by atoms with van der Waals surface area (Å²) in [7, 11) is -4.05. The van der Waals surface area contributed by atoms with Crippen molar-refractivity contribution in [2.75, 3.05) is 26.2 Å². The lowest BCUT2D eigenvalue weighted by Crippen LogP contribution is -2.34. The van der Waals surface area contributed by atoms with Gasteiger partial charge in [0.2, 0.25) is 10.0 Å². The highest BCUT2D eigenvalue weighted by Gasteiger charge is 2.22. The minimum atomic E-state index is -4.05. The molecule has 0 bridgehead atoms. The van der Waals surface area contributed by atoms with Gasteiger partial charge in [0, 0.05) is 19.2 Å². The maximum atomic E-state index is 13.9. The zero-order valence-electron chi connectivity index (χ0n) is 15.6. The summed E-state index contributed by atoms with van der Waals surface area (Å²) < 4.78 is 60.5. The van der Waals surface area contributed by atoms with Crippen LogP contribution in [0.5, 0.6) is 11.5 Å². The number of nitrogens with one attached hydrogen (secondary N) is 1. The van der Waals surface area contributed by atoms with Crippen LogP contribution in [0.2, 0.25) is 0 Å². The van der Waals surface area contributed by atoms with E-state index in [1.807, 2.05) is 24.8 Å². The Morgan fingerprint density at radius 1 is 1.11 bits per heavy atom. The summed E-state index contributed by atoms with van der Waals surface area (Å²) in [5.41, 5.74) is 0.0937. The third-order valence-electron chi connectivity index (χ3n) is 4.09. The molecule has 0 fully saturated rings. The second-order valence-corrected chi connectivity index (χ2v) is 7.61. The summed E-state index contributed by atoms with van der Waals surface area (Å²) in [6.45, 7) is 6.12. The molecule has 0 radical (unpaired) electrons. The highest BCUT2D eigenvalue weighted by atomic mass is 32.2. The Hall–Kier alpha value is -2.54. The van der Waals surface area contributed by atoms with Gasteiger partial charge >= 0.3 is 0 Å². The molecule has 2 aromatic carbocycles. The molecule has 0 aliphatic carbocycles. The van der Waals surface area contributed by atoms with Crippen LogP contribution in [0.3, 0.4) is 0 Å². The zero-order valence-corrected chi connectivity index (χ0v) is 16.4. The standard InChI is InChI=1S/C19H21F2N3O3S/c1-3-24(4-2)10-9-23-28(25,26)19-11-14(13-22)5-8-17(19)27-18-12-15(20)6-7-16(18)21/h5-8,11-12,23H,3-4,9-10H2,1-2H3. The van der Waals surface area contributed by atoms with E-state index < -0.39 is 27.4 Å². The maximum absolute atomic E-state index is 13.9. The van der Waals surface area contributed by atoms with Crippen LogP contribution in [0.15, 0.2) is 41.3 Å². The number of ether oxygens (including phenoxy) is 1. The average Bonchev–Trinajstić information content (AvgIpc) is 2.68. The Bertz CT molecular complexity index is 971. The van der Waals surface area contributed by atoms with Gasteiger partial charge in [-0.15, -0.1) is 0 Å². The van der Waals surface area contributed by atoms with Crippen molar-refractivity contribution < 1.29 is 21.9 Å². The molecular formula is C19H21F2N3O3S. The number of nitriles is 1. The van der Waals surface area contributed by atoms with Crippen LogP contribution in [0.4, 0.5) is 8.78 Å². The first-order chi connectivity index (χ1) is 13.3. The van der Waals surface area contributed by atoms with Crippen molar-refractivity contribution in [3.05, 3.63) is 53.6 Å². The van der Waals surface area contributed by atoms with Crippen LogP contribution in [-0.2, 0) is 10.0 Å². The first-order valence-corrected chi connectivity index (χ1v) is 10.2.